The second-order valence-corrected chi connectivity index (χ2v) is 6.78. The van der Waals surface area contributed by atoms with Crippen LogP contribution >= 0.6 is 0 Å². The molecule has 0 unspecified atom stereocenters. The molecule has 0 radical (unpaired) electrons. The molecule has 1 saturated carbocycles. The molecular formula is C19H27N3O4. The van der Waals surface area contributed by atoms with E-state index in [9.17, 15) is 9.59 Å². The van der Waals surface area contributed by atoms with Crippen molar-refractivity contribution in [2.24, 2.45) is 0 Å². The van der Waals surface area contributed by atoms with Gasteiger partial charge in [0.25, 0.3) is 5.91 Å². The molecule has 1 saturated heterocycles. The predicted octanol–water partition coefficient (Wildman–Crippen LogP) is 2.11. The van der Waals surface area contributed by atoms with Crippen molar-refractivity contribution in [3.05, 3.63) is 23.8 Å². The van der Waals surface area contributed by atoms with Gasteiger partial charge in [-0.05, 0) is 31.0 Å². The summed E-state index contributed by atoms with van der Waals surface area (Å²) in [7, 11) is 3.11. The first-order valence-electron chi connectivity index (χ1n) is 9.19. The number of rotatable bonds is 4. The molecule has 2 fully saturated rings. The number of nitrogens with zero attached hydrogens (tertiary/aromatic N) is 2. The van der Waals surface area contributed by atoms with E-state index in [2.05, 4.69) is 5.32 Å². The Morgan fingerprint density at radius 3 is 2.27 bits per heavy atom. The first-order valence-corrected chi connectivity index (χ1v) is 9.19. The first kappa shape index (κ1) is 18.4. The second-order valence-electron chi connectivity index (χ2n) is 6.78. The Labute approximate surface area is 154 Å². The molecule has 142 valence electrons. The van der Waals surface area contributed by atoms with Gasteiger partial charge in [-0.15, -0.1) is 0 Å². The van der Waals surface area contributed by atoms with Crippen molar-refractivity contribution in [3.8, 4) is 11.5 Å². The van der Waals surface area contributed by atoms with Crippen molar-refractivity contribution >= 4 is 11.9 Å². The highest BCUT2D eigenvalue weighted by Gasteiger charge is 2.28. The third kappa shape index (κ3) is 4.03. The van der Waals surface area contributed by atoms with Gasteiger partial charge in [-0.25, -0.2) is 4.79 Å². The largest absolute Gasteiger partial charge is 0.497 e. The van der Waals surface area contributed by atoms with Gasteiger partial charge in [0, 0.05) is 32.2 Å². The Bertz CT molecular complexity index is 650. The fourth-order valence-corrected chi connectivity index (χ4v) is 3.60. The van der Waals surface area contributed by atoms with Crippen LogP contribution in [0.4, 0.5) is 4.79 Å². The van der Waals surface area contributed by atoms with E-state index in [0.717, 1.165) is 12.8 Å². The number of urea groups is 1. The number of piperazine rings is 1. The summed E-state index contributed by atoms with van der Waals surface area (Å²) in [4.78, 5) is 28.8. The van der Waals surface area contributed by atoms with Gasteiger partial charge in [0.15, 0.2) is 0 Å². The quantitative estimate of drug-likeness (QED) is 0.892. The summed E-state index contributed by atoms with van der Waals surface area (Å²) in [5.41, 5.74) is 0.482. The number of hydrogen-bond donors (Lipinski definition) is 1. The lowest BCUT2D eigenvalue weighted by atomic mass is 10.1. The maximum Gasteiger partial charge on any atom is 0.317 e. The van der Waals surface area contributed by atoms with Crippen molar-refractivity contribution in [2.75, 3.05) is 40.4 Å². The molecule has 3 amide bonds. The Hall–Kier alpha value is -2.44. The summed E-state index contributed by atoms with van der Waals surface area (Å²) < 4.78 is 10.5. The van der Waals surface area contributed by atoms with Gasteiger partial charge in [-0.1, -0.05) is 12.8 Å². The van der Waals surface area contributed by atoms with Crippen LogP contribution in [0.1, 0.15) is 36.0 Å². The van der Waals surface area contributed by atoms with Crippen LogP contribution in [0.25, 0.3) is 0 Å². The third-order valence-electron chi connectivity index (χ3n) is 5.17. The van der Waals surface area contributed by atoms with Crippen LogP contribution in [0.3, 0.4) is 0 Å². The highest BCUT2D eigenvalue weighted by molar-refractivity contribution is 5.97. The van der Waals surface area contributed by atoms with Crippen LogP contribution in [0, 0.1) is 0 Å². The molecule has 1 heterocycles. The Morgan fingerprint density at radius 1 is 1.00 bits per heavy atom. The first-order chi connectivity index (χ1) is 12.6. The van der Waals surface area contributed by atoms with Crippen LogP contribution in [-0.2, 0) is 0 Å². The van der Waals surface area contributed by atoms with E-state index in [1.807, 2.05) is 0 Å². The van der Waals surface area contributed by atoms with E-state index < -0.39 is 0 Å². The molecule has 0 spiro atoms. The fraction of sp³-hybridized carbons (Fsp3) is 0.579. The molecular weight excluding hydrogens is 334 g/mol. The molecule has 7 nitrogen and oxygen atoms in total. The van der Waals surface area contributed by atoms with E-state index in [1.54, 1.807) is 42.2 Å². The number of methoxy groups -OCH3 is 2. The zero-order valence-corrected chi connectivity index (χ0v) is 15.5. The summed E-state index contributed by atoms with van der Waals surface area (Å²) in [5.74, 6) is 1.04. The summed E-state index contributed by atoms with van der Waals surface area (Å²) in [5, 5.41) is 3.10. The Balaban J connectivity index is 1.59. The van der Waals surface area contributed by atoms with E-state index in [0.29, 0.717) is 49.3 Å². The average Bonchev–Trinajstić information content (AvgIpc) is 3.20. The molecule has 0 atom stereocenters. The maximum absolute atomic E-state index is 12.9. The number of carbonyl (C=O) groups is 2. The molecule has 1 aromatic carbocycles. The summed E-state index contributed by atoms with van der Waals surface area (Å²) >= 11 is 0. The van der Waals surface area contributed by atoms with Crippen molar-refractivity contribution < 1.29 is 19.1 Å². The minimum absolute atomic E-state index is 0.0111. The highest BCUT2D eigenvalue weighted by atomic mass is 16.5. The van der Waals surface area contributed by atoms with Gasteiger partial charge in [-0.2, -0.15) is 0 Å². The van der Waals surface area contributed by atoms with Crippen LogP contribution in [-0.4, -0.2) is 68.2 Å². The van der Waals surface area contributed by atoms with Crippen molar-refractivity contribution in [1.82, 2.24) is 15.1 Å². The molecule has 0 bridgehead atoms. The van der Waals surface area contributed by atoms with Crippen molar-refractivity contribution in [3.63, 3.8) is 0 Å². The third-order valence-corrected chi connectivity index (χ3v) is 5.17. The lowest BCUT2D eigenvalue weighted by molar-refractivity contribution is 0.0660. The molecule has 3 rings (SSSR count). The van der Waals surface area contributed by atoms with Crippen LogP contribution in [0.5, 0.6) is 11.5 Å². The molecule has 7 heteroatoms. The molecule has 2 aliphatic rings. The highest BCUT2D eigenvalue weighted by Crippen LogP contribution is 2.26. The van der Waals surface area contributed by atoms with Crippen LogP contribution in [0.2, 0.25) is 0 Å². The standard InChI is InChI=1S/C19H27N3O4/c1-25-15-7-8-17(26-2)16(13-15)18(23)21-9-11-22(12-10-21)19(24)20-14-5-3-4-6-14/h7-8,13-14H,3-6,9-12H2,1-2H3,(H,20,24). The number of benzene rings is 1. The molecule has 26 heavy (non-hydrogen) atoms. The fourth-order valence-electron chi connectivity index (χ4n) is 3.60. The van der Waals surface area contributed by atoms with Gasteiger partial charge in [0.1, 0.15) is 11.5 Å². The van der Waals surface area contributed by atoms with E-state index >= 15 is 0 Å². The number of ether oxygens (including phenoxy) is 2. The maximum atomic E-state index is 12.9. The summed E-state index contributed by atoms with van der Waals surface area (Å²) in [6, 6.07) is 5.49. The van der Waals surface area contributed by atoms with E-state index in [-0.39, 0.29) is 11.9 Å². The molecule has 1 aliphatic carbocycles. The molecule has 1 aliphatic heterocycles. The van der Waals surface area contributed by atoms with Gasteiger partial charge >= 0.3 is 6.03 Å². The Morgan fingerprint density at radius 2 is 1.65 bits per heavy atom. The minimum Gasteiger partial charge on any atom is -0.497 e. The van der Waals surface area contributed by atoms with Gasteiger partial charge in [-0.3, -0.25) is 4.79 Å². The normalized spacial score (nSPS) is 17.9. The van der Waals surface area contributed by atoms with Gasteiger partial charge in [0.2, 0.25) is 0 Å². The zero-order valence-electron chi connectivity index (χ0n) is 15.5. The SMILES string of the molecule is COc1ccc(OC)c(C(=O)N2CCN(C(=O)NC3CCCC3)CC2)c1. The number of nitrogens with one attached hydrogen (secondary N) is 1. The van der Waals surface area contributed by atoms with Gasteiger partial charge in [0.05, 0.1) is 19.8 Å². The zero-order chi connectivity index (χ0) is 18.5. The van der Waals surface area contributed by atoms with Crippen LogP contribution in [0.15, 0.2) is 18.2 Å². The van der Waals surface area contributed by atoms with Crippen LogP contribution < -0.4 is 14.8 Å². The molecule has 0 aromatic heterocycles. The van der Waals surface area contributed by atoms with Gasteiger partial charge < -0.3 is 24.6 Å². The topological polar surface area (TPSA) is 71.1 Å². The van der Waals surface area contributed by atoms with Crippen molar-refractivity contribution in [2.45, 2.75) is 31.7 Å². The number of hydrogen-bond acceptors (Lipinski definition) is 4. The minimum atomic E-state index is -0.100. The van der Waals surface area contributed by atoms with E-state index in [4.69, 9.17) is 9.47 Å². The van der Waals surface area contributed by atoms with E-state index in [1.165, 1.54) is 12.8 Å². The lowest BCUT2D eigenvalue weighted by Crippen LogP contribution is -2.54. The molecule has 1 N–H and O–H groups in total. The number of amides is 3. The summed E-state index contributed by atoms with van der Waals surface area (Å²) in [6.07, 6.45) is 4.52. The number of carbonyl (C=O) groups excluding carboxylic acids is 2. The molecule has 1 aromatic rings. The predicted molar refractivity (Wildman–Crippen MR) is 97.8 cm³/mol. The summed E-state index contributed by atoms with van der Waals surface area (Å²) in [6.45, 7) is 2.10. The van der Waals surface area contributed by atoms with Crippen molar-refractivity contribution in [1.29, 1.82) is 0 Å². The Kier molecular flexibility index (Phi) is 5.85. The smallest absolute Gasteiger partial charge is 0.317 e. The average molecular weight is 361 g/mol. The monoisotopic (exact) mass is 361 g/mol. The second kappa shape index (κ2) is 8.29. The lowest BCUT2D eigenvalue weighted by Gasteiger charge is -2.35.